The average Bonchev–Trinajstić information content (AvgIpc) is 3.09. The average molecular weight is 485 g/mol. The standard InChI is InChI=1S/C15H19FN4O3.C5H4F3N3/c1-18-14-6-10(9-23-2)13(20(21)22)7-12(14)17-15(18)19-5-3-4-11(16)8-19;6-5(7,8)3-1-10-4(9)11-2-3/h6-7,11H,3-5,8-9H2,1-2H3;1-2H,(H2,9,10,11). The van der Waals surface area contributed by atoms with Crippen molar-refractivity contribution >= 4 is 28.6 Å². The van der Waals surface area contributed by atoms with Crippen molar-refractivity contribution in [2.45, 2.75) is 31.8 Å². The number of nitrogen functional groups attached to an aromatic ring is 1. The largest absolute Gasteiger partial charge is 0.419 e. The molecule has 3 heterocycles. The smallest absolute Gasteiger partial charge is 0.380 e. The maximum atomic E-state index is 13.7. The highest BCUT2D eigenvalue weighted by atomic mass is 19.4. The lowest BCUT2D eigenvalue weighted by molar-refractivity contribution is -0.385. The third-order valence-electron chi connectivity index (χ3n) is 5.20. The first-order valence-corrected chi connectivity index (χ1v) is 10.2. The van der Waals surface area contributed by atoms with E-state index in [4.69, 9.17) is 10.5 Å². The van der Waals surface area contributed by atoms with Crippen LogP contribution in [0.3, 0.4) is 0 Å². The number of benzene rings is 1. The van der Waals surface area contributed by atoms with Crippen molar-refractivity contribution in [2.24, 2.45) is 7.05 Å². The van der Waals surface area contributed by atoms with E-state index in [1.54, 1.807) is 6.07 Å². The third kappa shape index (κ3) is 5.68. The molecule has 184 valence electrons. The van der Waals surface area contributed by atoms with Crippen molar-refractivity contribution in [3.8, 4) is 0 Å². The molecule has 10 nitrogen and oxygen atoms in total. The fourth-order valence-electron chi connectivity index (χ4n) is 3.57. The van der Waals surface area contributed by atoms with E-state index in [-0.39, 0.29) is 18.2 Å². The third-order valence-corrected chi connectivity index (χ3v) is 5.20. The van der Waals surface area contributed by atoms with Crippen LogP contribution in [-0.4, -0.2) is 50.8 Å². The number of hydrogen-bond acceptors (Lipinski definition) is 8. The Kier molecular flexibility index (Phi) is 7.49. The number of fused-ring (bicyclic) bond motifs is 1. The number of nitro benzene ring substituents is 1. The molecular formula is C20H23F4N7O3. The zero-order valence-corrected chi connectivity index (χ0v) is 18.4. The van der Waals surface area contributed by atoms with E-state index >= 15 is 0 Å². The van der Waals surface area contributed by atoms with Gasteiger partial charge in [-0.05, 0) is 18.9 Å². The molecule has 1 unspecified atom stereocenters. The van der Waals surface area contributed by atoms with Crippen LogP contribution in [-0.2, 0) is 24.6 Å². The lowest BCUT2D eigenvalue weighted by Gasteiger charge is -2.29. The number of aromatic nitrogens is 4. The summed E-state index contributed by atoms with van der Waals surface area (Å²) in [6.07, 6.45) is -2.62. The Morgan fingerprint density at radius 3 is 2.53 bits per heavy atom. The molecule has 1 aliphatic rings. The van der Waals surface area contributed by atoms with Crippen molar-refractivity contribution in [3.63, 3.8) is 0 Å². The summed E-state index contributed by atoms with van der Waals surface area (Å²) in [6.45, 7) is 1.21. The van der Waals surface area contributed by atoms with E-state index in [0.29, 0.717) is 42.4 Å². The lowest BCUT2D eigenvalue weighted by Crippen LogP contribution is -2.37. The van der Waals surface area contributed by atoms with Gasteiger partial charge in [0.25, 0.3) is 5.69 Å². The Morgan fingerprint density at radius 1 is 1.29 bits per heavy atom. The number of methoxy groups -OCH3 is 1. The first kappa shape index (κ1) is 25.1. The molecule has 4 rings (SSSR count). The van der Waals surface area contributed by atoms with Crippen molar-refractivity contribution < 1.29 is 27.2 Å². The van der Waals surface area contributed by atoms with Crippen LogP contribution < -0.4 is 10.6 Å². The number of rotatable bonds is 4. The van der Waals surface area contributed by atoms with Crippen molar-refractivity contribution in [2.75, 3.05) is 30.8 Å². The Labute approximate surface area is 191 Å². The molecule has 0 spiro atoms. The monoisotopic (exact) mass is 485 g/mol. The number of halogens is 4. The second kappa shape index (κ2) is 10.2. The SMILES string of the molecule is COCc1cc2c(cc1[N+](=O)[O-])nc(N1CCCC(F)C1)n2C.Nc1ncc(C(F)(F)F)cn1. The molecule has 1 aromatic carbocycles. The molecule has 0 aliphatic carbocycles. The van der Waals surface area contributed by atoms with Gasteiger partial charge in [-0.3, -0.25) is 10.1 Å². The van der Waals surface area contributed by atoms with Crippen LogP contribution in [0.1, 0.15) is 24.0 Å². The van der Waals surface area contributed by atoms with Gasteiger partial charge in [-0.15, -0.1) is 0 Å². The number of nitrogens with two attached hydrogens (primary N) is 1. The molecule has 1 fully saturated rings. The molecule has 14 heteroatoms. The van der Waals surface area contributed by atoms with Gasteiger partial charge < -0.3 is 19.9 Å². The number of nitro groups is 1. The maximum Gasteiger partial charge on any atom is 0.419 e. The molecule has 0 radical (unpaired) electrons. The predicted octanol–water partition coefficient (Wildman–Crippen LogP) is 3.64. The topological polar surface area (TPSA) is 125 Å². The van der Waals surface area contributed by atoms with Crippen LogP contribution in [0.25, 0.3) is 11.0 Å². The molecule has 0 saturated carbocycles. The van der Waals surface area contributed by atoms with Gasteiger partial charge in [-0.25, -0.2) is 19.3 Å². The van der Waals surface area contributed by atoms with E-state index in [1.807, 2.05) is 16.5 Å². The Morgan fingerprint density at radius 2 is 1.97 bits per heavy atom. The normalized spacial score (nSPS) is 16.3. The van der Waals surface area contributed by atoms with E-state index < -0.39 is 22.8 Å². The minimum atomic E-state index is -4.40. The van der Waals surface area contributed by atoms with E-state index in [2.05, 4.69) is 15.0 Å². The van der Waals surface area contributed by atoms with Gasteiger partial charge in [0.05, 0.1) is 40.2 Å². The number of aryl methyl sites for hydroxylation is 1. The maximum absolute atomic E-state index is 13.7. The van der Waals surface area contributed by atoms with Gasteiger partial charge in [0.1, 0.15) is 6.17 Å². The summed E-state index contributed by atoms with van der Waals surface area (Å²) >= 11 is 0. The van der Waals surface area contributed by atoms with E-state index in [9.17, 15) is 27.7 Å². The summed E-state index contributed by atoms with van der Waals surface area (Å²) < 4.78 is 56.0. The van der Waals surface area contributed by atoms with Crippen LogP contribution in [0.2, 0.25) is 0 Å². The minimum absolute atomic E-state index is 0.00832. The van der Waals surface area contributed by atoms with E-state index in [1.165, 1.54) is 13.2 Å². The predicted molar refractivity (Wildman–Crippen MR) is 116 cm³/mol. The summed E-state index contributed by atoms with van der Waals surface area (Å²) in [5.41, 5.74) is 5.89. The van der Waals surface area contributed by atoms with Gasteiger partial charge in [-0.2, -0.15) is 13.2 Å². The van der Waals surface area contributed by atoms with E-state index in [0.717, 1.165) is 18.5 Å². The van der Waals surface area contributed by atoms with Gasteiger partial charge >= 0.3 is 6.18 Å². The molecule has 1 aliphatic heterocycles. The van der Waals surface area contributed by atoms with Crippen molar-refractivity contribution in [1.29, 1.82) is 0 Å². The fourth-order valence-corrected chi connectivity index (χ4v) is 3.57. The highest BCUT2D eigenvalue weighted by Crippen LogP contribution is 2.30. The summed E-state index contributed by atoms with van der Waals surface area (Å²) in [5, 5.41) is 11.2. The number of hydrogen-bond donors (Lipinski definition) is 1. The van der Waals surface area contributed by atoms with Crippen LogP contribution >= 0.6 is 0 Å². The zero-order chi connectivity index (χ0) is 25.0. The number of nitrogens with zero attached hydrogens (tertiary/aromatic N) is 6. The Hall–Kier alpha value is -3.55. The molecule has 1 saturated heterocycles. The fraction of sp³-hybridized carbons (Fsp3) is 0.450. The quantitative estimate of drug-likeness (QED) is 0.337. The molecule has 2 aromatic heterocycles. The van der Waals surface area contributed by atoms with Crippen LogP contribution in [0.5, 0.6) is 0 Å². The lowest BCUT2D eigenvalue weighted by atomic mass is 10.1. The number of anilines is 2. The van der Waals surface area contributed by atoms with Gasteiger partial charge in [0.2, 0.25) is 11.9 Å². The number of imidazole rings is 1. The number of alkyl halides is 4. The minimum Gasteiger partial charge on any atom is -0.380 e. The highest BCUT2D eigenvalue weighted by Gasteiger charge is 2.31. The number of piperidine rings is 1. The Bertz CT molecular complexity index is 1150. The van der Waals surface area contributed by atoms with Gasteiger partial charge in [0, 0.05) is 39.2 Å². The van der Waals surface area contributed by atoms with Crippen molar-refractivity contribution in [3.05, 3.63) is 45.8 Å². The first-order valence-electron chi connectivity index (χ1n) is 10.2. The van der Waals surface area contributed by atoms with Gasteiger partial charge in [0.15, 0.2) is 0 Å². The highest BCUT2D eigenvalue weighted by molar-refractivity contribution is 5.82. The molecule has 0 amide bonds. The zero-order valence-electron chi connectivity index (χ0n) is 18.4. The molecule has 1 atom stereocenters. The number of ether oxygens (including phenoxy) is 1. The van der Waals surface area contributed by atoms with Gasteiger partial charge in [-0.1, -0.05) is 0 Å². The summed E-state index contributed by atoms with van der Waals surface area (Å²) in [6, 6.07) is 3.19. The summed E-state index contributed by atoms with van der Waals surface area (Å²) in [4.78, 5) is 23.6. The Balaban J connectivity index is 0.000000248. The molecule has 34 heavy (non-hydrogen) atoms. The molecule has 2 N–H and O–H groups in total. The van der Waals surface area contributed by atoms with Crippen LogP contribution in [0.4, 0.5) is 35.1 Å². The second-order valence-electron chi connectivity index (χ2n) is 7.64. The van der Waals surface area contributed by atoms with Crippen molar-refractivity contribution in [1.82, 2.24) is 19.5 Å². The second-order valence-corrected chi connectivity index (χ2v) is 7.64. The summed E-state index contributed by atoms with van der Waals surface area (Å²) in [7, 11) is 3.34. The summed E-state index contributed by atoms with van der Waals surface area (Å²) in [5.74, 6) is 0.476. The molecule has 0 bridgehead atoms. The first-order chi connectivity index (χ1) is 16.0. The van der Waals surface area contributed by atoms with Crippen LogP contribution in [0, 0.1) is 10.1 Å². The van der Waals surface area contributed by atoms with Crippen LogP contribution in [0.15, 0.2) is 24.5 Å². The molecule has 3 aromatic rings. The molecular weight excluding hydrogens is 462 g/mol.